The Morgan fingerprint density at radius 2 is 1.82 bits per heavy atom. The Kier molecular flexibility index (Phi) is 11.3. The zero-order valence-electron chi connectivity index (χ0n) is 18.2. The molecule has 3 atom stereocenters. The number of amides is 2. The average Bonchev–Trinajstić information content (AvgIpc) is 3.21. The number of hydrogen-bond donors (Lipinski definition) is 8. The van der Waals surface area contributed by atoms with E-state index in [-0.39, 0.29) is 55.6 Å². The standard InChI is InChI=1S/C18H30N8O7/c1-9(27)4-6-12(16(30)31)24-18(32)23-11(3-2-8-22-17(20)21)15-25-14(26-33-15)10(19)5-7-13(28)29/h10-12H,2-8,19H2,1H3,(H,28,29)(H,30,31)(H4,20,21,22)(H2,23,24,32)/t10-,11-,12-/m0/s1. The number of carboxylic acids is 2. The lowest BCUT2D eigenvalue weighted by Crippen LogP contribution is -2.47. The van der Waals surface area contributed by atoms with E-state index in [4.69, 9.17) is 26.5 Å². The predicted octanol–water partition coefficient (Wildman–Crippen LogP) is -0.640. The molecular formula is C18H30N8O7. The van der Waals surface area contributed by atoms with Crippen molar-refractivity contribution in [2.45, 2.75) is 63.6 Å². The van der Waals surface area contributed by atoms with Crippen LogP contribution in [0, 0.1) is 5.41 Å². The SMILES string of the molecule is CC(=O)CC[C@H](NC(=O)N[C@@H](CCCNC(=N)N)c1nc([C@@H](N)CCC(=O)O)no1)C(=O)O. The van der Waals surface area contributed by atoms with Gasteiger partial charge in [0.25, 0.3) is 0 Å². The summed E-state index contributed by atoms with van der Waals surface area (Å²) in [6, 6.07) is -3.74. The van der Waals surface area contributed by atoms with Crippen molar-refractivity contribution in [3.05, 3.63) is 11.7 Å². The number of nitrogens with one attached hydrogen (secondary N) is 4. The first-order valence-electron chi connectivity index (χ1n) is 10.2. The zero-order valence-corrected chi connectivity index (χ0v) is 18.2. The number of carbonyl (C=O) groups excluding carboxylic acids is 2. The van der Waals surface area contributed by atoms with Crippen molar-refractivity contribution in [1.82, 2.24) is 26.1 Å². The molecule has 0 aromatic carbocycles. The number of rotatable bonds is 15. The molecular weight excluding hydrogens is 440 g/mol. The maximum atomic E-state index is 12.4. The van der Waals surface area contributed by atoms with Crippen LogP contribution in [0.2, 0.25) is 0 Å². The molecule has 0 aliphatic rings. The van der Waals surface area contributed by atoms with Crippen molar-refractivity contribution in [2.75, 3.05) is 6.54 Å². The van der Waals surface area contributed by atoms with Crippen molar-refractivity contribution in [3.8, 4) is 0 Å². The molecule has 0 unspecified atom stereocenters. The van der Waals surface area contributed by atoms with Crippen molar-refractivity contribution in [3.63, 3.8) is 0 Å². The fraction of sp³-hybridized carbons (Fsp3) is 0.611. The second-order valence-electron chi connectivity index (χ2n) is 7.31. The first-order valence-corrected chi connectivity index (χ1v) is 10.2. The number of nitrogens with two attached hydrogens (primary N) is 2. The first-order chi connectivity index (χ1) is 15.5. The maximum Gasteiger partial charge on any atom is 0.326 e. The summed E-state index contributed by atoms with van der Waals surface area (Å²) in [7, 11) is 0. The highest BCUT2D eigenvalue weighted by atomic mass is 16.5. The van der Waals surface area contributed by atoms with E-state index in [1.807, 2.05) is 0 Å². The molecule has 1 aromatic rings. The van der Waals surface area contributed by atoms with Gasteiger partial charge in [-0.3, -0.25) is 10.2 Å². The van der Waals surface area contributed by atoms with Gasteiger partial charge in [-0.25, -0.2) is 9.59 Å². The quantitative estimate of drug-likeness (QED) is 0.0904. The topological polar surface area (TPSA) is 260 Å². The molecule has 0 bridgehead atoms. The van der Waals surface area contributed by atoms with Crippen LogP contribution in [0.15, 0.2) is 4.52 Å². The number of carboxylic acid groups (broad SMARTS) is 2. The van der Waals surface area contributed by atoms with Crippen LogP contribution >= 0.6 is 0 Å². The Morgan fingerprint density at radius 3 is 2.39 bits per heavy atom. The summed E-state index contributed by atoms with van der Waals surface area (Å²) in [5, 5.41) is 36.4. The predicted molar refractivity (Wildman–Crippen MR) is 113 cm³/mol. The third-order valence-corrected chi connectivity index (χ3v) is 4.44. The Labute approximate surface area is 189 Å². The Balaban J connectivity index is 2.87. The molecule has 1 rings (SSSR count). The van der Waals surface area contributed by atoms with E-state index in [9.17, 15) is 24.3 Å². The highest BCUT2D eigenvalue weighted by Gasteiger charge is 2.26. The molecule has 0 saturated carbocycles. The Hall–Kier alpha value is -3.75. The lowest BCUT2D eigenvalue weighted by molar-refractivity contribution is -0.139. The fourth-order valence-corrected chi connectivity index (χ4v) is 2.70. The van der Waals surface area contributed by atoms with Gasteiger partial charge in [0.2, 0.25) is 5.89 Å². The molecule has 184 valence electrons. The monoisotopic (exact) mass is 470 g/mol. The number of aromatic nitrogens is 2. The smallest absolute Gasteiger partial charge is 0.326 e. The number of aliphatic carboxylic acids is 2. The zero-order chi connectivity index (χ0) is 25.0. The van der Waals surface area contributed by atoms with Crippen LogP contribution in [-0.2, 0) is 14.4 Å². The van der Waals surface area contributed by atoms with E-state index in [0.717, 1.165) is 0 Å². The van der Waals surface area contributed by atoms with E-state index >= 15 is 0 Å². The molecule has 10 N–H and O–H groups in total. The van der Waals surface area contributed by atoms with Gasteiger partial charge in [-0.1, -0.05) is 5.16 Å². The minimum Gasteiger partial charge on any atom is -0.481 e. The fourth-order valence-electron chi connectivity index (χ4n) is 2.70. The van der Waals surface area contributed by atoms with Crippen LogP contribution in [0.25, 0.3) is 0 Å². The molecule has 2 amide bonds. The summed E-state index contributed by atoms with van der Waals surface area (Å²) < 4.78 is 5.19. The number of Topliss-reactive ketones (excluding diaryl/α,β-unsaturated/α-hetero) is 1. The normalized spacial score (nSPS) is 13.4. The van der Waals surface area contributed by atoms with Crippen molar-refractivity contribution < 1.29 is 33.9 Å². The van der Waals surface area contributed by atoms with Crippen molar-refractivity contribution in [1.29, 1.82) is 5.41 Å². The molecule has 0 fully saturated rings. The molecule has 1 aromatic heterocycles. The molecule has 15 heteroatoms. The number of hydrogen-bond acceptors (Lipinski definition) is 9. The van der Waals surface area contributed by atoms with Crippen LogP contribution in [0.3, 0.4) is 0 Å². The van der Waals surface area contributed by atoms with Gasteiger partial charge in [0, 0.05) is 19.4 Å². The van der Waals surface area contributed by atoms with Gasteiger partial charge in [0.1, 0.15) is 17.9 Å². The molecule has 0 aliphatic carbocycles. The molecule has 33 heavy (non-hydrogen) atoms. The summed E-state index contributed by atoms with van der Waals surface area (Å²) in [6.07, 6.45) is 0.465. The maximum absolute atomic E-state index is 12.4. The van der Waals surface area contributed by atoms with Gasteiger partial charge in [-0.15, -0.1) is 0 Å². The number of ketones is 1. The lowest BCUT2D eigenvalue weighted by Gasteiger charge is -2.19. The van der Waals surface area contributed by atoms with Crippen LogP contribution < -0.4 is 27.4 Å². The molecule has 15 nitrogen and oxygen atoms in total. The number of nitrogens with zero attached hydrogens (tertiary/aromatic N) is 2. The summed E-state index contributed by atoms with van der Waals surface area (Å²) in [5.74, 6) is -2.71. The number of guanidine groups is 1. The van der Waals surface area contributed by atoms with Gasteiger partial charge in [0.05, 0.1) is 6.04 Å². The van der Waals surface area contributed by atoms with Gasteiger partial charge >= 0.3 is 18.0 Å². The van der Waals surface area contributed by atoms with Crippen LogP contribution in [0.5, 0.6) is 0 Å². The van der Waals surface area contributed by atoms with Crippen LogP contribution in [0.1, 0.15) is 69.2 Å². The molecule has 0 spiro atoms. The summed E-state index contributed by atoms with van der Waals surface area (Å²) >= 11 is 0. The molecule has 0 radical (unpaired) electrons. The van der Waals surface area contributed by atoms with E-state index in [0.29, 0.717) is 13.0 Å². The second-order valence-corrected chi connectivity index (χ2v) is 7.31. The Morgan fingerprint density at radius 1 is 1.12 bits per heavy atom. The highest BCUT2D eigenvalue weighted by Crippen LogP contribution is 2.20. The van der Waals surface area contributed by atoms with E-state index in [2.05, 4.69) is 26.1 Å². The third-order valence-electron chi connectivity index (χ3n) is 4.44. The molecule has 0 aliphatic heterocycles. The first kappa shape index (κ1) is 27.3. The van der Waals surface area contributed by atoms with E-state index < -0.39 is 36.1 Å². The number of urea groups is 1. The summed E-state index contributed by atoms with van der Waals surface area (Å²) in [4.78, 5) is 49.8. The highest BCUT2D eigenvalue weighted by molar-refractivity contribution is 5.83. The van der Waals surface area contributed by atoms with Gasteiger partial charge in [-0.2, -0.15) is 4.98 Å². The van der Waals surface area contributed by atoms with Gasteiger partial charge in [0.15, 0.2) is 11.8 Å². The number of carbonyl (C=O) groups is 4. The minimum absolute atomic E-state index is 0.00985. The average molecular weight is 470 g/mol. The lowest BCUT2D eigenvalue weighted by atomic mass is 10.1. The largest absolute Gasteiger partial charge is 0.481 e. The molecule has 1 heterocycles. The molecule has 0 saturated heterocycles. The van der Waals surface area contributed by atoms with Gasteiger partial charge in [-0.05, 0) is 32.6 Å². The summed E-state index contributed by atoms with van der Waals surface area (Å²) in [5.41, 5.74) is 11.1. The summed E-state index contributed by atoms with van der Waals surface area (Å²) in [6.45, 7) is 1.63. The second kappa shape index (κ2) is 13.6. The minimum atomic E-state index is -1.29. The van der Waals surface area contributed by atoms with E-state index in [1.165, 1.54) is 6.92 Å². The van der Waals surface area contributed by atoms with Crippen molar-refractivity contribution >= 4 is 29.7 Å². The van der Waals surface area contributed by atoms with Crippen LogP contribution in [0.4, 0.5) is 4.79 Å². The van der Waals surface area contributed by atoms with E-state index in [1.54, 1.807) is 0 Å². The third kappa shape index (κ3) is 10.9. The van der Waals surface area contributed by atoms with Gasteiger partial charge < -0.3 is 46.9 Å². The van der Waals surface area contributed by atoms with Crippen molar-refractivity contribution in [2.24, 2.45) is 11.5 Å². The Bertz CT molecular complexity index is 844. The van der Waals surface area contributed by atoms with Crippen LogP contribution in [-0.4, -0.2) is 62.7 Å².